The summed E-state index contributed by atoms with van der Waals surface area (Å²) in [5.74, 6) is -1.29. The second-order valence-corrected chi connectivity index (χ2v) is 7.70. The SMILES string of the molecule is CC1(C)OCC([C@H]2O[C@@H]3OC(C)(C)OC3[C@H]2OCc2ccccc2)O1. The first-order valence-electron chi connectivity index (χ1n) is 8.81. The number of benzene rings is 1. The van der Waals surface area contributed by atoms with Gasteiger partial charge in [-0.25, -0.2) is 0 Å². The molecule has 6 heteroatoms. The lowest BCUT2D eigenvalue weighted by atomic mass is 10.1. The lowest BCUT2D eigenvalue weighted by molar-refractivity contribution is -0.236. The van der Waals surface area contributed by atoms with E-state index in [4.69, 9.17) is 28.4 Å². The Hall–Kier alpha value is -1.02. The third kappa shape index (κ3) is 3.60. The summed E-state index contributed by atoms with van der Waals surface area (Å²) in [6, 6.07) is 10.1. The molecule has 0 spiro atoms. The van der Waals surface area contributed by atoms with Crippen LogP contribution in [0.1, 0.15) is 33.3 Å². The van der Waals surface area contributed by atoms with E-state index in [0.29, 0.717) is 13.2 Å². The van der Waals surface area contributed by atoms with Gasteiger partial charge in [0.25, 0.3) is 0 Å². The summed E-state index contributed by atoms with van der Waals surface area (Å²) in [7, 11) is 0. The predicted octanol–water partition coefficient (Wildman–Crippen LogP) is 2.60. The summed E-state index contributed by atoms with van der Waals surface area (Å²) < 4.78 is 36.0. The molecule has 3 aliphatic rings. The van der Waals surface area contributed by atoms with Gasteiger partial charge >= 0.3 is 0 Å². The van der Waals surface area contributed by atoms with Crippen LogP contribution in [0.2, 0.25) is 0 Å². The fourth-order valence-electron chi connectivity index (χ4n) is 3.64. The van der Waals surface area contributed by atoms with E-state index in [2.05, 4.69) is 0 Å². The molecule has 0 aliphatic carbocycles. The molecule has 0 bridgehead atoms. The molecule has 25 heavy (non-hydrogen) atoms. The van der Waals surface area contributed by atoms with Crippen molar-refractivity contribution in [3.63, 3.8) is 0 Å². The molecule has 138 valence electrons. The van der Waals surface area contributed by atoms with Crippen molar-refractivity contribution >= 4 is 0 Å². The zero-order valence-corrected chi connectivity index (χ0v) is 15.1. The van der Waals surface area contributed by atoms with E-state index in [1.54, 1.807) is 0 Å². The van der Waals surface area contributed by atoms with E-state index in [9.17, 15) is 0 Å². The van der Waals surface area contributed by atoms with Crippen molar-refractivity contribution in [2.24, 2.45) is 0 Å². The Balaban J connectivity index is 1.50. The molecule has 3 aliphatic heterocycles. The van der Waals surface area contributed by atoms with Gasteiger partial charge in [0.15, 0.2) is 17.9 Å². The number of fused-ring (bicyclic) bond motifs is 1. The van der Waals surface area contributed by atoms with Crippen LogP contribution in [0, 0.1) is 0 Å². The minimum atomic E-state index is -0.680. The molecule has 0 radical (unpaired) electrons. The Bertz CT molecular complexity index is 601. The summed E-state index contributed by atoms with van der Waals surface area (Å²) in [4.78, 5) is 0. The Morgan fingerprint density at radius 1 is 0.960 bits per heavy atom. The Labute approximate surface area is 148 Å². The lowest BCUT2D eigenvalue weighted by Gasteiger charge is -2.29. The summed E-state index contributed by atoms with van der Waals surface area (Å²) in [6.45, 7) is 8.52. The summed E-state index contributed by atoms with van der Waals surface area (Å²) in [6.07, 6.45) is -1.52. The molecule has 0 saturated carbocycles. The van der Waals surface area contributed by atoms with Gasteiger partial charge in [-0.05, 0) is 33.3 Å². The second-order valence-electron chi connectivity index (χ2n) is 7.70. The van der Waals surface area contributed by atoms with Gasteiger partial charge in [0.1, 0.15) is 24.4 Å². The third-order valence-electron chi connectivity index (χ3n) is 4.71. The first kappa shape index (κ1) is 17.4. The van der Waals surface area contributed by atoms with E-state index in [-0.39, 0.29) is 24.4 Å². The van der Waals surface area contributed by atoms with Crippen LogP contribution in [0.25, 0.3) is 0 Å². The largest absolute Gasteiger partial charge is 0.368 e. The maximum atomic E-state index is 6.22. The molecule has 0 aromatic heterocycles. The maximum Gasteiger partial charge on any atom is 0.190 e. The standard InChI is InChI=1S/C19H26O6/c1-18(2)21-11-13(23-18)14-15(20-10-12-8-6-5-7-9-12)16-17(22-14)25-19(3,4)24-16/h5-9,13-17H,10-11H2,1-4H3/t13?,14-,15+,16?,17-/m1/s1. The number of hydrogen-bond acceptors (Lipinski definition) is 6. The minimum absolute atomic E-state index is 0.211. The summed E-state index contributed by atoms with van der Waals surface area (Å²) in [5.41, 5.74) is 1.10. The van der Waals surface area contributed by atoms with Crippen LogP contribution in [-0.4, -0.2) is 48.9 Å². The smallest absolute Gasteiger partial charge is 0.190 e. The van der Waals surface area contributed by atoms with Crippen LogP contribution in [-0.2, 0) is 35.0 Å². The number of ether oxygens (including phenoxy) is 6. The topological polar surface area (TPSA) is 55.4 Å². The highest BCUT2D eigenvalue weighted by molar-refractivity contribution is 5.13. The first-order valence-corrected chi connectivity index (χ1v) is 8.81. The Morgan fingerprint density at radius 2 is 1.72 bits per heavy atom. The number of rotatable bonds is 4. The molecular formula is C19H26O6. The van der Waals surface area contributed by atoms with Crippen molar-refractivity contribution in [3.05, 3.63) is 35.9 Å². The molecule has 1 aromatic carbocycles. The van der Waals surface area contributed by atoms with E-state index >= 15 is 0 Å². The maximum absolute atomic E-state index is 6.22. The minimum Gasteiger partial charge on any atom is -0.368 e. The van der Waals surface area contributed by atoms with Gasteiger partial charge < -0.3 is 28.4 Å². The summed E-state index contributed by atoms with van der Waals surface area (Å²) in [5, 5.41) is 0. The van der Waals surface area contributed by atoms with E-state index < -0.39 is 17.9 Å². The normalized spacial score (nSPS) is 38.8. The van der Waals surface area contributed by atoms with Crippen molar-refractivity contribution < 1.29 is 28.4 Å². The highest BCUT2D eigenvalue weighted by Gasteiger charge is 2.58. The van der Waals surface area contributed by atoms with Gasteiger partial charge in [0, 0.05) is 0 Å². The average Bonchev–Trinajstić information content (AvgIpc) is 3.15. The van der Waals surface area contributed by atoms with Crippen molar-refractivity contribution in [3.8, 4) is 0 Å². The highest BCUT2D eigenvalue weighted by atomic mass is 16.8. The van der Waals surface area contributed by atoms with Crippen molar-refractivity contribution in [2.45, 2.75) is 76.6 Å². The van der Waals surface area contributed by atoms with E-state index in [0.717, 1.165) is 5.56 Å². The second kappa shape index (κ2) is 6.30. The van der Waals surface area contributed by atoms with Crippen LogP contribution in [0.15, 0.2) is 30.3 Å². The molecule has 2 unspecified atom stereocenters. The molecule has 0 N–H and O–H groups in total. The first-order chi connectivity index (χ1) is 11.8. The molecule has 4 rings (SSSR count). The highest BCUT2D eigenvalue weighted by Crippen LogP contribution is 2.42. The van der Waals surface area contributed by atoms with Crippen LogP contribution in [0.5, 0.6) is 0 Å². The third-order valence-corrected chi connectivity index (χ3v) is 4.71. The van der Waals surface area contributed by atoms with Crippen LogP contribution < -0.4 is 0 Å². The summed E-state index contributed by atoms with van der Waals surface area (Å²) >= 11 is 0. The molecule has 1 aromatic rings. The van der Waals surface area contributed by atoms with E-state index in [1.165, 1.54) is 0 Å². The fourth-order valence-corrected chi connectivity index (χ4v) is 3.64. The van der Waals surface area contributed by atoms with E-state index in [1.807, 2.05) is 58.0 Å². The number of hydrogen-bond donors (Lipinski definition) is 0. The van der Waals surface area contributed by atoms with Crippen molar-refractivity contribution in [2.75, 3.05) is 6.61 Å². The molecule has 3 fully saturated rings. The van der Waals surface area contributed by atoms with Crippen LogP contribution in [0.3, 0.4) is 0 Å². The van der Waals surface area contributed by atoms with Crippen molar-refractivity contribution in [1.29, 1.82) is 0 Å². The molecule has 5 atom stereocenters. The molecule has 3 heterocycles. The predicted molar refractivity (Wildman–Crippen MR) is 88.6 cm³/mol. The van der Waals surface area contributed by atoms with Crippen LogP contribution in [0.4, 0.5) is 0 Å². The Morgan fingerprint density at radius 3 is 2.40 bits per heavy atom. The van der Waals surface area contributed by atoms with Gasteiger partial charge in [-0.2, -0.15) is 0 Å². The monoisotopic (exact) mass is 350 g/mol. The quantitative estimate of drug-likeness (QED) is 0.832. The van der Waals surface area contributed by atoms with Gasteiger partial charge in [0.2, 0.25) is 0 Å². The van der Waals surface area contributed by atoms with Crippen LogP contribution >= 0.6 is 0 Å². The average molecular weight is 350 g/mol. The molecule has 3 saturated heterocycles. The fraction of sp³-hybridized carbons (Fsp3) is 0.684. The lowest BCUT2D eigenvalue weighted by Crippen LogP contribution is -2.44. The molecular weight excluding hydrogens is 324 g/mol. The zero-order valence-electron chi connectivity index (χ0n) is 15.1. The van der Waals surface area contributed by atoms with Gasteiger partial charge in [-0.3, -0.25) is 0 Å². The van der Waals surface area contributed by atoms with Gasteiger partial charge in [-0.1, -0.05) is 30.3 Å². The Kier molecular flexibility index (Phi) is 4.38. The van der Waals surface area contributed by atoms with Gasteiger partial charge in [-0.15, -0.1) is 0 Å². The van der Waals surface area contributed by atoms with Crippen molar-refractivity contribution in [1.82, 2.24) is 0 Å². The molecule has 6 nitrogen and oxygen atoms in total. The zero-order chi connectivity index (χ0) is 17.7. The molecule has 0 amide bonds. The van der Waals surface area contributed by atoms with Gasteiger partial charge in [0.05, 0.1) is 13.2 Å².